The van der Waals surface area contributed by atoms with Crippen molar-refractivity contribution in [1.82, 2.24) is 9.97 Å². The van der Waals surface area contributed by atoms with Crippen LogP contribution in [0.25, 0.3) is 0 Å². The lowest BCUT2D eigenvalue weighted by atomic mass is 9.88. The van der Waals surface area contributed by atoms with Gasteiger partial charge in [-0.05, 0) is 18.6 Å². The second-order valence-corrected chi connectivity index (χ2v) is 5.89. The van der Waals surface area contributed by atoms with Crippen molar-refractivity contribution < 1.29 is 5.11 Å². The average molecular weight is 255 g/mol. The Morgan fingerprint density at radius 1 is 1.47 bits per heavy atom. The number of aromatic nitrogens is 2. The molecule has 0 aliphatic rings. The molecule has 5 heteroatoms. The third kappa shape index (κ3) is 3.85. The van der Waals surface area contributed by atoms with Crippen molar-refractivity contribution in [2.45, 2.75) is 45.5 Å². The number of nitrogens with one attached hydrogen (secondary N) is 1. The molecule has 1 unspecified atom stereocenters. The van der Waals surface area contributed by atoms with Crippen molar-refractivity contribution >= 4 is 17.6 Å². The van der Waals surface area contributed by atoms with Gasteiger partial charge in [-0.2, -0.15) is 0 Å². The number of hydrogen-bond donors (Lipinski definition) is 2. The number of hydrogen-bond acceptors (Lipinski definition) is 5. The second kappa shape index (κ2) is 5.69. The van der Waals surface area contributed by atoms with Crippen LogP contribution in [0.4, 0.5) is 5.82 Å². The summed E-state index contributed by atoms with van der Waals surface area (Å²) in [5.74, 6) is 0.731. The first-order valence-corrected chi connectivity index (χ1v) is 6.88. The number of rotatable bonds is 4. The van der Waals surface area contributed by atoms with E-state index in [1.807, 2.05) is 6.26 Å². The second-order valence-electron chi connectivity index (χ2n) is 5.12. The van der Waals surface area contributed by atoms with Gasteiger partial charge in [-0.25, -0.2) is 9.97 Å². The molecule has 0 fully saturated rings. The maximum absolute atomic E-state index is 9.27. The summed E-state index contributed by atoms with van der Waals surface area (Å²) in [5, 5.41) is 13.3. The maximum atomic E-state index is 9.27. The fourth-order valence-corrected chi connectivity index (χ4v) is 1.49. The number of aliphatic hydroxyl groups excluding tert-OH is 1. The molecule has 1 aromatic rings. The smallest absolute Gasteiger partial charge is 0.189 e. The normalized spacial score (nSPS) is 13.5. The first-order chi connectivity index (χ1) is 7.88. The Labute approximate surface area is 107 Å². The lowest BCUT2D eigenvalue weighted by molar-refractivity contribution is 0.280. The van der Waals surface area contributed by atoms with E-state index in [2.05, 4.69) is 43.0 Å². The maximum Gasteiger partial charge on any atom is 0.189 e. The van der Waals surface area contributed by atoms with Gasteiger partial charge in [0.1, 0.15) is 5.82 Å². The number of nitrogens with zero attached hydrogens (tertiary/aromatic N) is 2. The zero-order chi connectivity index (χ0) is 13.1. The first-order valence-electron chi connectivity index (χ1n) is 5.65. The Hall–Kier alpha value is -0.810. The SMILES string of the molecule is CSc1ncc(CO)c(NC(C)C(C)(C)C)n1. The Morgan fingerprint density at radius 3 is 2.59 bits per heavy atom. The van der Waals surface area contributed by atoms with E-state index in [1.165, 1.54) is 11.8 Å². The van der Waals surface area contributed by atoms with Gasteiger partial charge in [-0.15, -0.1) is 0 Å². The van der Waals surface area contributed by atoms with Gasteiger partial charge in [0, 0.05) is 17.8 Å². The molecule has 0 radical (unpaired) electrons. The van der Waals surface area contributed by atoms with E-state index in [4.69, 9.17) is 0 Å². The Balaban J connectivity index is 2.95. The summed E-state index contributed by atoms with van der Waals surface area (Å²) in [7, 11) is 0. The average Bonchev–Trinajstić information content (AvgIpc) is 2.27. The molecule has 1 rings (SSSR count). The molecular weight excluding hydrogens is 234 g/mol. The van der Waals surface area contributed by atoms with Crippen LogP contribution in [0.1, 0.15) is 33.3 Å². The fraction of sp³-hybridized carbons (Fsp3) is 0.667. The molecule has 0 aromatic carbocycles. The number of anilines is 1. The molecule has 1 heterocycles. The van der Waals surface area contributed by atoms with Gasteiger partial charge in [0.2, 0.25) is 0 Å². The van der Waals surface area contributed by atoms with E-state index in [-0.39, 0.29) is 18.1 Å². The summed E-state index contributed by atoms with van der Waals surface area (Å²) in [6.45, 7) is 8.57. The molecule has 0 aliphatic carbocycles. The van der Waals surface area contributed by atoms with Crippen molar-refractivity contribution in [3.05, 3.63) is 11.8 Å². The minimum absolute atomic E-state index is 0.0478. The van der Waals surface area contributed by atoms with E-state index >= 15 is 0 Å². The molecule has 96 valence electrons. The molecule has 4 nitrogen and oxygen atoms in total. The Morgan fingerprint density at radius 2 is 2.12 bits per heavy atom. The van der Waals surface area contributed by atoms with E-state index in [0.29, 0.717) is 5.16 Å². The summed E-state index contributed by atoms with van der Waals surface area (Å²) >= 11 is 1.49. The van der Waals surface area contributed by atoms with Crippen molar-refractivity contribution in [3.63, 3.8) is 0 Å². The molecule has 0 aliphatic heterocycles. The highest BCUT2D eigenvalue weighted by atomic mass is 32.2. The predicted octanol–water partition coefficient (Wildman–Crippen LogP) is 2.54. The van der Waals surface area contributed by atoms with Crippen LogP contribution in [-0.2, 0) is 6.61 Å². The first kappa shape index (κ1) is 14.3. The molecule has 2 N–H and O–H groups in total. The number of thioether (sulfide) groups is 1. The Bertz CT molecular complexity index is 377. The van der Waals surface area contributed by atoms with Gasteiger partial charge in [-0.3, -0.25) is 0 Å². The molecule has 0 bridgehead atoms. The van der Waals surface area contributed by atoms with Gasteiger partial charge >= 0.3 is 0 Å². The van der Waals surface area contributed by atoms with Gasteiger partial charge in [0.25, 0.3) is 0 Å². The van der Waals surface area contributed by atoms with Gasteiger partial charge in [-0.1, -0.05) is 32.5 Å². The van der Waals surface area contributed by atoms with Crippen LogP contribution in [-0.4, -0.2) is 27.4 Å². The standard InChI is InChI=1S/C12H21N3OS/c1-8(12(2,3)4)14-10-9(7-16)6-13-11(15-10)17-5/h6,8,16H,7H2,1-5H3,(H,13,14,15). The highest BCUT2D eigenvalue weighted by Crippen LogP contribution is 2.24. The van der Waals surface area contributed by atoms with Gasteiger partial charge in [0.15, 0.2) is 5.16 Å². The van der Waals surface area contributed by atoms with Crippen LogP contribution in [0.15, 0.2) is 11.4 Å². The quantitative estimate of drug-likeness (QED) is 0.639. The van der Waals surface area contributed by atoms with Crippen LogP contribution < -0.4 is 5.32 Å². The number of aliphatic hydroxyl groups is 1. The topological polar surface area (TPSA) is 58.0 Å². The molecule has 0 saturated heterocycles. The minimum Gasteiger partial charge on any atom is -0.391 e. The zero-order valence-corrected chi connectivity index (χ0v) is 11.9. The van der Waals surface area contributed by atoms with Crippen LogP contribution in [0.5, 0.6) is 0 Å². The van der Waals surface area contributed by atoms with Gasteiger partial charge in [0.05, 0.1) is 6.61 Å². The molecule has 1 aromatic heterocycles. The largest absolute Gasteiger partial charge is 0.391 e. The summed E-state index contributed by atoms with van der Waals surface area (Å²) in [6.07, 6.45) is 3.61. The van der Waals surface area contributed by atoms with Crippen molar-refractivity contribution in [1.29, 1.82) is 0 Å². The highest BCUT2D eigenvalue weighted by Gasteiger charge is 2.21. The van der Waals surface area contributed by atoms with Crippen LogP contribution in [0.2, 0.25) is 0 Å². The molecule has 0 amide bonds. The molecule has 0 saturated carbocycles. The van der Waals surface area contributed by atoms with E-state index < -0.39 is 0 Å². The molecule has 17 heavy (non-hydrogen) atoms. The lowest BCUT2D eigenvalue weighted by Crippen LogP contribution is -2.31. The van der Waals surface area contributed by atoms with Crippen molar-refractivity contribution in [3.8, 4) is 0 Å². The third-order valence-electron chi connectivity index (χ3n) is 2.85. The lowest BCUT2D eigenvalue weighted by Gasteiger charge is -2.29. The molecular formula is C12H21N3OS. The van der Waals surface area contributed by atoms with Crippen LogP contribution in [0, 0.1) is 5.41 Å². The van der Waals surface area contributed by atoms with E-state index in [9.17, 15) is 5.11 Å². The minimum atomic E-state index is -0.0478. The van der Waals surface area contributed by atoms with Crippen LogP contribution in [0.3, 0.4) is 0 Å². The van der Waals surface area contributed by atoms with Gasteiger partial charge < -0.3 is 10.4 Å². The van der Waals surface area contributed by atoms with Crippen LogP contribution >= 0.6 is 11.8 Å². The zero-order valence-electron chi connectivity index (χ0n) is 11.1. The summed E-state index contributed by atoms with van der Waals surface area (Å²) < 4.78 is 0. The summed E-state index contributed by atoms with van der Waals surface area (Å²) in [4.78, 5) is 8.55. The summed E-state index contributed by atoms with van der Waals surface area (Å²) in [6, 6.07) is 0.261. The fourth-order valence-electron chi connectivity index (χ4n) is 1.15. The van der Waals surface area contributed by atoms with E-state index in [1.54, 1.807) is 6.20 Å². The van der Waals surface area contributed by atoms with E-state index in [0.717, 1.165) is 11.4 Å². The van der Waals surface area contributed by atoms with Crippen molar-refractivity contribution in [2.24, 2.45) is 5.41 Å². The predicted molar refractivity (Wildman–Crippen MR) is 72.3 cm³/mol. The Kier molecular flexibility index (Phi) is 4.77. The monoisotopic (exact) mass is 255 g/mol. The highest BCUT2D eigenvalue weighted by molar-refractivity contribution is 7.98. The third-order valence-corrected chi connectivity index (χ3v) is 3.41. The molecule has 0 spiro atoms. The summed E-state index contributed by atoms with van der Waals surface area (Å²) in [5.41, 5.74) is 0.871. The molecule has 1 atom stereocenters. The van der Waals surface area contributed by atoms with Crippen molar-refractivity contribution in [2.75, 3.05) is 11.6 Å².